The first kappa shape index (κ1) is 21.3. The molecule has 3 N–H and O–H groups in total. The largest absolute Gasteiger partial charge is 1.00 e. The maximum absolute atomic E-state index is 10.3. The van der Waals surface area contributed by atoms with Crippen molar-refractivity contribution in [2.75, 3.05) is 0 Å². The summed E-state index contributed by atoms with van der Waals surface area (Å²) in [6.45, 7) is 1.33. The van der Waals surface area contributed by atoms with Crippen molar-refractivity contribution in [2.24, 2.45) is 0 Å². The van der Waals surface area contributed by atoms with Gasteiger partial charge in [-0.3, -0.25) is 0 Å². The Hall–Kier alpha value is 1.95. The van der Waals surface area contributed by atoms with E-state index in [-0.39, 0.29) is 59.1 Å². The van der Waals surface area contributed by atoms with Crippen LogP contribution in [-0.2, 0) is 13.8 Å². The Morgan fingerprint density at radius 3 is 2.00 bits per heavy atom. The molecule has 11 heteroatoms. The predicted molar refractivity (Wildman–Crippen MR) is 41.0 cm³/mol. The topological polar surface area (TPSA) is 142 Å². The smallest absolute Gasteiger partial charge is 0.790 e. The summed E-state index contributed by atoms with van der Waals surface area (Å²) in [5.74, 6) is 0. The van der Waals surface area contributed by atoms with Gasteiger partial charge < -0.3 is 38.9 Å². The van der Waals surface area contributed by atoms with Crippen molar-refractivity contribution in [1.82, 2.24) is 0 Å². The molecule has 0 spiro atoms. The summed E-state index contributed by atoms with van der Waals surface area (Å²) in [5.41, 5.74) is 0. The molecule has 0 bridgehead atoms. The third-order valence-corrected chi connectivity index (χ3v) is 2.51. The summed E-state index contributed by atoms with van der Waals surface area (Å²) in [4.78, 5) is 20.5. The molecule has 1 unspecified atom stereocenters. The minimum absolute atomic E-state index is 0. The summed E-state index contributed by atoms with van der Waals surface area (Å²) >= 11 is 0. The Morgan fingerprint density at radius 1 is 1.12 bits per heavy atom. The zero-order chi connectivity index (χ0) is 11.8. The molecule has 0 aromatic heterocycles. The fourth-order valence-electron chi connectivity index (χ4n) is 1.23. The molecule has 1 saturated heterocycles. The minimum atomic E-state index is -5.32. The Balaban J connectivity index is 0. The molecule has 1 aliphatic rings. The second kappa shape index (κ2) is 8.28. The van der Waals surface area contributed by atoms with Gasteiger partial charge in [0.25, 0.3) is 0 Å². The molecule has 1 fully saturated rings. The number of hydrogen-bond acceptors (Lipinski definition) is 8. The predicted octanol–water partition coefficient (Wildman–Crippen LogP) is -9.33. The molecule has 0 radical (unpaired) electrons. The van der Waals surface area contributed by atoms with Gasteiger partial charge in [0.15, 0.2) is 6.29 Å². The third-order valence-electron chi connectivity index (χ3n) is 2.04. The SMILES string of the molecule is C[C@H]1OC(OP(=O)([O-])[O-])[C@H](O)[C@@H](O)[C@@H]1O.[Na+].[Na+]. The summed E-state index contributed by atoms with van der Waals surface area (Å²) in [7, 11) is -5.32. The van der Waals surface area contributed by atoms with E-state index in [2.05, 4.69) is 4.52 Å². The summed E-state index contributed by atoms with van der Waals surface area (Å²) in [6.07, 6.45) is -7.56. The van der Waals surface area contributed by atoms with E-state index in [0.29, 0.717) is 0 Å². The number of hydrogen-bond donors (Lipinski definition) is 3. The van der Waals surface area contributed by atoms with Crippen molar-refractivity contribution < 1.29 is 98.0 Å². The van der Waals surface area contributed by atoms with Crippen molar-refractivity contribution >= 4 is 7.82 Å². The third kappa shape index (κ3) is 6.29. The Bertz CT molecular complexity index is 273. The normalized spacial score (nSPS) is 37.9. The van der Waals surface area contributed by atoms with Gasteiger partial charge in [0.2, 0.25) is 0 Å². The average Bonchev–Trinajstić information content (AvgIpc) is 2.08. The number of rotatable bonds is 2. The maximum atomic E-state index is 10.3. The van der Waals surface area contributed by atoms with E-state index in [1.807, 2.05) is 0 Å². The number of phosphoric acid groups is 1. The van der Waals surface area contributed by atoms with E-state index in [1.54, 1.807) is 0 Å². The van der Waals surface area contributed by atoms with Gasteiger partial charge in [-0.05, 0) is 6.92 Å². The van der Waals surface area contributed by atoms with E-state index in [0.717, 1.165) is 0 Å². The first-order chi connectivity index (χ1) is 6.72. The van der Waals surface area contributed by atoms with E-state index in [4.69, 9.17) is 4.74 Å². The quantitative estimate of drug-likeness (QED) is 0.336. The zero-order valence-corrected chi connectivity index (χ0v) is 14.6. The molecule has 90 valence electrons. The van der Waals surface area contributed by atoms with Gasteiger partial charge >= 0.3 is 59.1 Å². The van der Waals surface area contributed by atoms with Crippen LogP contribution in [0.2, 0.25) is 0 Å². The Morgan fingerprint density at radius 2 is 1.59 bits per heavy atom. The van der Waals surface area contributed by atoms with Gasteiger partial charge in [-0.1, -0.05) is 0 Å². The number of phosphoric ester groups is 1. The molecule has 0 amide bonds. The van der Waals surface area contributed by atoms with Crippen molar-refractivity contribution in [2.45, 2.75) is 37.6 Å². The molecular formula is C6H11Na2O8P. The Labute approximate surface area is 142 Å². The monoisotopic (exact) mass is 288 g/mol. The molecule has 5 atom stereocenters. The average molecular weight is 288 g/mol. The summed E-state index contributed by atoms with van der Waals surface area (Å²) in [5, 5.41) is 27.7. The summed E-state index contributed by atoms with van der Waals surface area (Å²) < 4.78 is 18.8. The maximum Gasteiger partial charge on any atom is 1.00 e. The van der Waals surface area contributed by atoms with Crippen LogP contribution in [0, 0.1) is 0 Å². The molecule has 0 saturated carbocycles. The van der Waals surface area contributed by atoms with Crippen LogP contribution in [0.1, 0.15) is 6.92 Å². The van der Waals surface area contributed by atoms with Crippen molar-refractivity contribution in [3.63, 3.8) is 0 Å². The van der Waals surface area contributed by atoms with Gasteiger partial charge in [-0.2, -0.15) is 0 Å². The molecule has 1 rings (SSSR count). The van der Waals surface area contributed by atoms with Crippen LogP contribution in [-0.4, -0.2) is 46.0 Å². The van der Waals surface area contributed by atoms with Gasteiger partial charge in [0.1, 0.15) is 18.3 Å². The van der Waals surface area contributed by atoms with E-state index in [9.17, 15) is 29.7 Å². The van der Waals surface area contributed by atoms with Crippen molar-refractivity contribution in [3.05, 3.63) is 0 Å². The zero-order valence-electron chi connectivity index (χ0n) is 9.72. The second-order valence-electron chi connectivity index (χ2n) is 3.23. The second-order valence-corrected chi connectivity index (χ2v) is 4.34. The van der Waals surface area contributed by atoms with Gasteiger partial charge in [-0.15, -0.1) is 0 Å². The van der Waals surface area contributed by atoms with Crippen molar-refractivity contribution in [3.8, 4) is 0 Å². The molecule has 0 aliphatic carbocycles. The fourth-order valence-corrected chi connectivity index (χ4v) is 1.66. The molecule has 0 aromatic carbocycles. The van der Waals surface area contributed by atoms with Gasteiger partial charge in [-0.25, -0.2) is 0 Å². The van der Waals surface area contributed by atoms with Gasteiger partial charge in [0, 0.05) is 0 Å². The molecular weight excluding hydrogens is 277 g/mol. The van der Waals surface area contributed by atoms with E-state index >= 15 is 0 Å². The number of aliphatic hydroxyl groups is 3. The molecule has 17 heavy (non-hydrogen) atoms. The Kier molecular flexibility index (Phi) is 10.4. The number of aliphatic hydroxyl groups excluding tert-OH is 3. The molecule has 1 aliphatic heterocycles. The first-order valence-corrected chi connectivity index (χ1v) is 5.58. The summed E-state index contributed by atoms with van der Waals surface area (Å²) in [6, 6.07) is 0. The van der Waals surface area contributed by atoms with Crippen LogP contribution >= 0.6 is 7.82 Å². The number of ether oxygens (including phenoxy) is 1. The van der Waals surface area contributed by atoms with Crippen LogP contribution in [0.25, 0.3) is 0 Å². The van der Waals surface area contributed by atoms with Crippen LogP contribution in [0.15, 0.2) is 0 Å². The first-order valence-electron chi connectivity index (χ1n) is 4.12. The van der Waals surface area contributed by atoms with Crippen molar-refractivity contribution in [1.29, 1.82) is 0 Å². The molecule has 0 aromatic rings. The van der Waals surface area contributed by atoms with Gasteiger partial charge in [0.05, 0.1) is 13.9 Å². The van der Waals surface area contributed by atoms with E-state index in [1.165, 1.54) is 6.92 Å². The van der Waals surface area contributed by atoms with Crippen LogP contribution in [0.3, 0.4) is 0 Å². The fraction of sp³-hybridized carbons (Fsp3) is 1.00. The van der Waals surface area contributed by atoms with E-state index < -0.39 is 38.5 Å². The molecule has 8 nitrogen and oxygen atoms in total. The van der Waals surface area contributed by atoms with Crippen LogP contribution in [0.4, 0.5) is 0 Å². The standard InChI is InChI=1S/C6H13O8P.2Na/c1-2-3(7)4(8)5(9)6(13-2)14-15(10,11)12;;/h2-9H,1H3,(H2,10,11,12);;/q;2*+1/p-2/t2-,3-,4+,5-,6?;;/m1../s1. The van der Waals surface area contributed by atoms with Crippen LogP contribution < -0.4 is 68.9 Å². The van der Waals surface area contributed by atoms with Crippen LogP contribution in [0.5, 0.6) is 0 Å². The minimum Gasteiger partial charge on any atom is -0.790 e. The molecule has 1 heterocycles.